The van der Waals surface area contributed by atoms with Crippen molar-refractivity contribution in [3.63, 3.8) is 0 Å². The Hall–Kier alpha value is -1.72. The molecule has 0 aliphatic heterocycles. The Bertz CT molecular complexity index is 455. The van der Waals surface area contributed by atoms with Crippen molar-refractivity contribution in [2.75, 3.05) is 0 Å². The minimum atomic E-state index is 0.576. The molecule has 2 heterocycles. The van der Waals surface area contributed by atoms with Gasteiger partial charge in [-0.15, -0.1) is 10.2 Å². The van der Waals surface area contributed by atoms with Crippen LogP contribution in [0, 0.1) is 5.92 Å². The van der Waals surface area contributed by atoms with Gasteiger partial charge in [0.1, 0.15) is 0 Å². The summed E-state index contributed by atoms with van der Waals surface area (Å²) in [6.07, 6.45) is 3.73. The second-order valence-corrected chi connectivity index (χ2v) is 4.15. The van der Waals surface area contributed by atoms with Gasteiger partial charge in [-0.2, -0.15) is 9.90 Å². The van der Waals surface area contributed by atoms with Crippen LogP contribution in [0.4, 0.5) is 0 Å². The molecule has 0 spiro atoms. The quantitative estimate of drug-likeness (QED) is 0.777. The number of aryl methyl sites for hydroxylation is 1. The van der Waals surface area contributed by atoms with Crippen LogP contribution in [0.25, 0.3) is 11.4 Å². The molecule has 2 aromatic rings. The second-order valence-electron chi connectivity index (χ2n) is 4.15. The van der Waals surface area contributed by atoms with Gasteiger partial charge in [-0.3, -0.25) is 4.68 Å². The maximum atomic E-state index is 4.27. The SMILES string of the molecule is CCn1nnc(-c2cnn(CC(C)C)c2)n1. The zero-order valence-corrected chi connectivity index (χ0v) is 9.83. The van der Waals surface area contributed by atoms with E-state index in [2.05, 4.69) is 34.4 Å². The zero-order valence-electron chi connectivity index (χ0n) is 9.83. The lowest BCUT2D eigenvalue weighted by atomic mass is 10.2. The highest BCUT2D eigenvalue weighted by Crippen LogP contribution is 2.12. The first kappa shape index (κ1) is 10.8. The highest BCUT2D eigenvalue weighted by Gasteiger charge is 2.08. The molecule has 0 saturated heterocycles. The summed E-state index contributed by atoms with van der Waals surface area (Å²) in [6, 6.07) is 0. The van der Waals surface area contributed by atoms with Gasteiger partial charge >= 0.3 is 0 Å². The van der Waals surface area contributed by atoms with E-state index in [1.54, 1.807) is 11.0 Å². The predicted octanol–water partition coefficient (Wildman–Crippen LogP) is 1.21. The van der Waals surface area contributed by atoms with E-state index < -0.39 is 0 Å². The van der Waals surface area contributed by atoms with E-state index in [-0.39, 0.29) is 0 Å². The van der Waals surface area contributed by atoms with E-state index in [1.165, 1.54) is 0 Å². The van der Waals surface area contributed by atoms with Crippen LogP contribution in [0.1, 0.15) is 20.8 Å². The van der Waals surface area contributed by atoms with Crippen molar-refractivity contribution in [2.45, 2.75) is 33.9 Å². The van der Waals surface area contributed by atoms with Crippen LogP contribution < -0.4 is 0 Å². The largest absolute Gasteiger partial charge is 0.272 e. The summed E-state index contributed by atoms with van der Waals surface area (Å²) in [5.41, 5.74) is 0.917. The standard InChI is InChI=1S/C10H16N6/c1-4-16-13-10(12-14-16)9-5-11-15(7-9)6-8(2)3/h5,7-8H,4,6H2,1-3H3. The summed E-state index contributed by atoms with van der Waals surface area (Å²) < 4.78 is 1.91. The Morgan fingerprint density at radius 1 is 1.38 bits per heavy atom. The smallest absolute Gasteiger partial charge is 0.208 e. The van der Waals surface area contributed by atoms with Gasteiger partial charge < -0.3 is 0 Å². The molecule has 0 aliphatic rings. The molecule has 0 fully saturated rings. The van der Waals surface area contributed by atoms with Gasteiger partial charge in [0.15, 0.2) is 0 Å². The summed E-state index contributed by atoms with van der Waals surface area (Å²) >= 11 is 0. The van der Waals surface area contributed by atoms with Crippen LogP contribution in [0.15, 0.2) is 12.4 Å². The summed E-state index contributed by atoms with van der Waals surface area (Å²) in [6.45, 7) is 7.93. The molecule has 6 nitrogen and oxygen atoms in total. The van der Waals surface area contributed by atoms with Crippen LogP contribution in [-0.2, 0) is 13.1 Å². The molecule has 0 aromatic carbocycles. The molecule has 2 aromatic heterocycles. The fourth-order valence-electron chi connectivity index (χ4n) is 1.45. The lowest BCUT2D eigenvalue weighted by molar-refractivity contribution is 0.483. The van der Waals surface area contributed by atoms with Crippen LogP contribution in [0.5, 0.6) is 0 Å². The topological polar surface area (TPSA) is 61.4 Å². The predicted molar refractivity (Wildman–Crippen MR) is 59.6 cm³/mol. The molecule has 0 aliphatic carbocycles. The Morgan fingerprint density at radius 2 is 2.19 bits per heavy atom. The van der Waals surface area contributed by atoms with E-state index in [9.17, 15) is 0 Å². The van der Waals surface area contributed by atoms with Gasteiger partial charge in [-0.25, -0.2) is 0 Å². The molecule has 86 valence electrons. The van der Waals surface area contributed by atoms with Crippen LogP contribution >= 0.6 is 0 Å². The van der Waals surface area contributed by atoms with Crippen molar-refractivity contribution < 1.29 is 0 Å². The third kappa shape index (κ3) is 2.26. The average Bonchev–Trinajstić information content (AvgIpc) is 2.83. The number of rotatable bonds is 4. The molecular formula is C10H16N6. The molecule has 0 radical (unpaired) electrons. The van der Waals surface area contributed by atoms with Crippen molar-refractivity contribution >= 4 is 0 Å². The Labute approximate surface area is 94.3 Å². The summed E-state index contributed by atoms with van der Waals surface area (Å²) in [4.78, 5) is 1.56. The Morgan fingerprint density at radius 3 is 2.81 bits per heavy atom. The number of aromatic nitrogens is 6. The molecule has 0 amide bonds. The fraction of sp³-hybridized carbons (Fsp3) is 0.600. The van der Waals surface area contributed by atoms with Crippen LogP contribution in [0.2, 0.25) is 0 Å². The summed E-state index contributed by atoms with van der Waals surface area (Å²) in [5.74, 6) is 1.21. The molecule has 0 N–H and O–H groups in total. The molecule has 0 bridgehead atoms. The van der Waals surface area contributed by atoms with E-state index in [4.69, 9.17) is 0 Å². The van der Waals surface area contributed by atoms with Gasteiger partial charge in [0.2, 0.25) is 5.82 Å². The fourth-order valence-corrected chi connectivity index (χ4v) is 1.45. The molecule has 6 heteroatoms. The van der Waals surface area contributed by atoms with Crippen molar-refractivity contribution in [1.29, 1.82) is 0 Å². The molecule has 2 rings (SSSR count). The Kier molecular flexibility index (Phi) is 2.98. The molecule has 0 atom stereocenters. The molecule has 0 unspecified atom stereocenters. The lowest BCUT2D eigenvalue weighted by Gasteiger charge is -2.02. The van der Waals surface area contributed by atoms with Gasteiger partial charge in [0.05, 0.1) is 18.3 Å². The number of hydrogen-bond donors (Lipinski definition) is 0. The average molecular weight is 220 g/mol. The first-order chi connectivity index (χ1) is 7.69. The van der Waals surface area contributed by atoms with Crippen molar-refractivity contribution in [2.24, 2.45) is 5.92 Å². The van der Waals surface area contributed by atoms with Crippen LogP contribution in [-0.4, -0.2) is 30.0 Å². The lowest BCUT2D eigenvalue weighted by Crippen LogP contribution is -2.04. The van der Waals surface area contributed by atoms with Gasteiger partial charge in [0, 0.05) is 12.7 Å². The summed E-state index contributed by atoms with van der Waals surface area (Å²) in [7, 11) is 0. The molecule has 16 heavy (non-hydrogen) atoms. The first-order valence-corrected chi connectivity index (χ1v) is 5.49. The van der Waals surface area contributed by atoms with Gasteiger partial charge in [-0.05, 0) is 18.1 Å². The van der Waals surface area contributed by atoms with Crippen molar-refractivity contribution in [3.05, 3.63) is 12.4 Å². The van der Waals surface area contributed by atoms with Crippen molar-refractivity contribution in [3.8, 4) is 11.4 Å². The maximum Gasteiger partial charge on any atom is 0.208 e. The van der Waals surface area contributed by atoms with E-state index in [0.717, 1.165) is 18.7 Å². The second kappa shape index (κ2) is 4.42. The van der Waals surface area contributed by atoms with E-state index in [1.807, 2.05) is 17.8 Å². The number of hydrogen-bond acceptors (Lipinski definition) is 4. The maximum absolute atomic E-state index is 4.27. The highest BCUT2D eigenvalue weighted by molar-refractivity contribution is 5.50. The van der Waals surface area contributed by atoms with Crippen LogP contribution in [0.3, 0.4) is 0 Å². The normalized spacial score (nSPS) is 11.2. The number of nitrogens with zero attached hydrogens (tertiary/aromatic N) is 6. The third-order valence-electron chi connectivity index (χ3n) is 2.18. The van der Waals surface area contributed by atoms with Gasteiger partial charge in [0.25, 0.3) is 0 Å². The minimum Gasteiger partial charge on any atom is -0.272 e. The number of tetrazole rings is 1. The summed E-state index contributed by atoms with van der Waals surface area (Å²) in [5, 5.41) is 16.4. The van der Waals surface area contributed by atoms with Gasteiger partial charge in [-0.1, -0.05) is 13.8 Å². The highest BCUT2D eigenvalue weighted by atomic mass is 15.6. The van der Waals surface area contributed by atoms with Crippen molar-refractivity contribution in [1.82, 2.24) is 30.0 Å². The van der Waals surface area contributed by atoms with E-state index >= 15 is 0 Å². The molecular weight excluding hydrogens is 204 g/mol. The van der Waals surface area contributed by atoms with E-state index in [0.29, 0.717) is 11.7 Å². The monoisotopic (exact) mass is 220 g/mol. The zero-order chi connectivity index (χ0) is 11.5. The Balaban J connectivity index is 2.17. The molecule has 0 saturated carbocycles. The minimum absolute atomic E-state index is 0.576. The first-order valence-electron chi connectivity index (χ1n) is 5.49. The third-order valence-corrected chi connectivity index (χ3v) is 2.18.